The fraction of sp³-hybridized carbons (Fsp3) is 0.188. The average Bonchev–Trinajstić information content (AvgIpc) is 3.28. The fourth-order valence-corrected chi connectivity index (χ4v) is 4.93. The van der Waals surface area contributed by atoms with Gasteiger partial charge in [0.05, 0.1) is 0 Å². The smallest absolute Gasteiger partial charge is 0.349 e. The van der Waals surface area contributed by atoms with Gasteiger partial charge in [0, 0.05) is 33.8 Å². The second-order valence-corrected chi connectivity index (χ2v) is 13.3. The first kappa shape index (κ1) is 49.6. The highest BCUT2D eigenvalue weighted by Gasteiger charge is 2.17. The standard InChI is InChI=1S/C48H42N4O12/c1-31(2)43(53)59-19-22-62-46(56)37(28-49)25-34-7-13-40(14-8-34)52(41-15-9-35(10-16-41)26-38(29-50)47(57)63-23-20-60-44(54)32(3)4)42-17-11-36(12-18-42)27-39(30-51)48(58)64-24-21-61-45(55)33(5)6/h7-18,25-27H,1,3,5,19-24H2,2,4,6H3/b37-25+,38-26+,39-27+. The van der Waals surface area contributed by atoms with Gasteiger partial charge in [0.1, 0.15) is 74.6 Å². The summed E-state index contributed by atoms with van der Waals surface area (Å²) in [5.74, 6) is -4.69. The van der Waals surface area contributed by atoms with Gasteiger partial charge in [-0.1, -0.05) is 56.1 Å². The number of carbonyl (C=O) groups is 6. The van der Waals surface area contributed by atoms with Gasteiger partial charge in [0.15, 0.2) is 0 Å². The molecule has 0 saturated carbocycles. The molecule has 0 unspecified atom stereocenters. The van der Waals surface area contributed by atoms with Crippen LogP contribution in [-0.2, 0) is 57.2 Å². The molecule has 326 valence electrons. The second kappa shape index (κ2) is 25.1. The number of nitrogens with zero attached hydrogens (tertiary/aromatic N) is 4. The molecule has 0 amide bonds. The Morgan fingerprint density at radius 1 is 0.422 bits per heavy atom. The van der Waals surface area contributed by atoms with Gasteiger partial charge < -0.3 is 33.3 Å². The van der Waals surface area contributed by atoms with E-state index in [4.69, 9.17) is 28.4 Å². The van der Waals surface area contributed by atoms with Crippen molar-refractivity contribution in [3.05, 3.63) is 143 Å². The SMILES string of the molecule is C=C(C)C(=O)OCCOC(=O)/C(C#N)=C/c1ccc(N(c2ccc(/C=C(\C#N)C(=O)OCCOC(=O)C(=C)C)cc2)c2ccc(/C=C(\C#N)C(=O)OCCOC(=O)C(=C)C)cc2)cc1. The van der Waals surface area contributed by atoms with E-state index in [0.29, 0.717) is 33.8 Å². The summed E-state index contributed by atoms with van der Waals surface area (Å²) in [6, 6.07) is 25.7. The average molecular weight is 867 g/mol. The first-order chi connectivity index (χ1) is 30.6. The van der Waals surface area contributed by atoms with Crippen LogP contribution in [0.1, 0.15) is 37.5 Å². The van der Waals surface area contributed by atoms with Crippen LogP contribution in [0.25, 0.3) is 18.2 Å². The number of anilines is 3. The molecule has 0 spiro atoms. The van der Waals surface area contributed by atoms with Gasteiger partial charge >= 0.3 is 35.8 Å². The maximum Gasteiger partial charge on any atom is 0.349 e. The summed E-state index contributed by atoms with van der Waals surface area (Å²) in [5, 5.41) is 29.0. The lowest BCUT2D eigenvalue weighted by molar-refractivity contribution is -0.147. The summed E-state index contributed by atoms with van der Waals surface area (Å²) in [7, 11) is 0. The van der Waals surface area contributed by atoms with E-state index in [2.05, 4.69) is 19.7 Å². The summed E-state index contributed by atoms with van der Waals surface area (Å²) >= 11 is 0. The zero-order chi connectivity index (χ0) is 47.2. The third-order valence-corrected chi connectivity index (χ3v) is 8.10. The molecule has 0 aromatic heterocycles. The number of nitriles is 3. The van der Waals surface area contributed by atoms with Gasteiger partial charge in [-0.15, -0.1) is 0 Å². The van der Waals surface area contributed by atoms with Gasteiger partial charge in [-0.2, -0.15) is 15.8 Å². The molecule has 0 aliphatic carbocycles. The minimum atomic E-state index is -0.920. The lowest BCUT2D eigenvalue weighted by Gasteiger charge is -2.26. The van der Waals surface area contributed by atoms with E-state index in [0.717, 1.165) is 0 Å². The first-order valence-corrected chi connectivity index (χ1v) is 19.0. The van der Waals surface area contributed by atoms with E-state index in [-0.39, 0.29) is 73.1 Å². The Labute approximate surface area is 369 Å². The summed E-state index contributed by atoms with van der Waals surface area (Å²) < 4.78 is 30.0. The maximum atomic E-state index is 12.6. The van der Waals surface area contributed by atoms with Crippen molar-refractivity contribution in [2.24, 2.45) is 0 Å². The molecule has 0 aliphatic heterocycles. The van der Waals surface area contributed by atoms with E-state index >= 15 is 0 Å². The fourth-order valence-electron chi connectivity index (χ4n) is 4.93. The Hall–Kier alpha value is -8.81. The van der Waals surface area contributed by atoms with Gasteiger partial charge in [-0.25, -0.2) is 28.8 Å². The third-order valence-electron chi connectivity index (χ3n) is 8.10. The van der Waals surface area contributed by atoms with Gasteiger partial charge in [-0.3, -0.25) is 0 Å². The maximum absolute atomic E-state index is 12.6. The Kier molecular flexibility index (Phi) is 19.4. The molecule has 0 bridgehead atoms. The van der Waals surface area contributed by atoms with Crippen LogP contribution < -0.4 is 4.90 Å². The number of hydrogen-bond donors (Lipinski definition) is 0. The molecule has 64 heavy (non-hydrogen) atoms. The Morgan fingerprint density at radius 3 is 0.812 bits per heavy atom. The highest BCUT2D eigenvalue weighted by atomic mass is 16.6. The number of hydrogen-bond acceptors (Lipinski definition) is 16. The van der Waals surface area contributed by atoms with Crippen LogP contribution in [0.3, 0.4) is 0 Å². The molecular formula is C48H42N4O12. The van der Waals surface area contributed by atoms with Crippen LogP contribution >= 0.6 is 0 Å². The largest absolute Gasteiger partial charge is 0.459 e. The molecule has 0 saturated heterocycles. The molecule has 16 heteroatoms. The highest BCUT2D eigenvalue weighted by molar-refractivity contribution is 5.99. The molecule has 0 heterocycles. The molecule has 3 rings (SSSR count). The summed E-state index contributed by atoms with van der Waals surface area (Å²) in [4.78, 5) is 74.3. The normalized spacial score (nSPS) is 11.0. The van der Waals surface area contributed by atoms with Crippen molar-refractivity contribution in [1.82, 2.24) is 0 Å². The van der Waals surface area contributed by atoms with E-state index in [1.54, 1.807) is 72.8 Å². The summed E-state index contributed by atoms with van der Waals surface area (Å²) in [5.41, 5.74) is 2.86. The quantitative estimate of drug-likeness (QED) is 0.0350. The van der Waals surface area contributed by atoms with Crippen molar-refractivity contribution >= 4 is 71.1 Å². The number of esters is 6. The number of carbonyl (C=O) groups excluding carboxylic acids is 6. The Balaban J connectivity index is 1.92. The van der Waals surface area contributed by atoms with Crippen LogP contribution in [0.5, 0.6) is 0 Å². The molecule has 0 radical (unpaired) electrons. The summed E-state index contributed by atoms with van der Waals surface area (Å²) in [6.45, 7) is 13.3. The van der Waals surface area contributed by atoms with Gasteiger partial charge in [-0.05, 0) is 92.1 Å². The predicted octanol–water partition coefficient (Wildman–Crippen LogP) is 6.86. The lowest BCUT2D eigenvalue weighted by Crippen LogP contribution is -2.15. The molecule has 0 aliphatic rings. The van der Waals surface area contributed by atoms with Crippen molar-refractivity contribution in [3.8, 4) is 18.2 Å². The monoisotopic (exact) mass is 866 g/mol. The van der Waals surface area contributed by atoms with Crippen LogP contribution in [0.15, 0.2) is 126 Å². The molecule has 16 nitrogen and oxygen atoms in total. The molecule has 0 atom stereocenters. The van der Waals surface area contributed by atoms with E-state index in [9.17, 15) is 44.6 Å². The van der Waals surface area contributed by atoms with Crippen LogP contribution in [0.4, 0.5) is 17.1 Å². The highest BCUT2D eigenvalue weighted by Crippen LogP contribution is 2.35. The Morgan fingerprint density at radius 2 is 0.625 bits per heavy atom. The summed E-state index contributed by atoms with van der Waals surface area (Å²) in [6.07, 6.45) is 3.99. The van der Waals surface area contributed by atoms with Crippen molar-refractivity contribution < 1.29 is 57.2 Å². The molecule has 0 N–H and O–H groups in total. The zero-order valence-electron chi connectivity index (χ0n) is 35.2. The molecular weight excluding hydrogens is 825 g/mol. The minimum absolute atomic E-state index is 0.180. The van der Waals surface area contributed by atoms with Crippen molar-refractivity contribution in [3.63, 3.8) is 0 Å². The van der Waals surface area contributed by atoms with Crippen LogP contribution in [0.2, 0.25) is 0 Å². The number of rotatable bonds is 21. The van der Waals surface area contributed by atoms with Crippen molar-refractivity contribution in [1.29, 1.82) is 15.8 Å². The second-order valence-electron chi connectivity index (χ2n) is 13.3. The predicted molar refractivity (Wildman–Crippen MR) is 232 cm³/mol. The van der Waals surface area contributed by atoms with Crippen LogP contribution in [-0.4, -0.2) is 75.5 Å². The zero-order valence-corrected chi connectivity index (χ0v) is 35.2. The number of ether oxygens (including phenoxy) is 6. The van der Waals surface area contributed by atoms with Gasteiger partial charge in [0.25, 0.3) is 0 Å². The first-order valence-electron chi connectivity index (χ1n) is 19.0. The molecule has 3 aromatic rings. The van der Waals surface area contributed by atoms with Crippen molar-refractivity contribution in [2.75, 3.05) is 44.5 Å². The number of benzene rings is 3. The van der Waals surface area contributed by atoms with Gasteiger partial charge in [0.2, 0.25) is 0 Å². The van der Waals surface area contributed by atoms with E-state index < -0.39 is 35.8 Å². The minimum Gasteiger partial charge on any atom is -0.459 e. The van der Waals surface area contributed by atoms with E-state index in [1.807, 2.05) is 23.1 Å². The topological polar surface area (TPSA) is 232 Å². The lowest BCUT2D eigenvalue weighted by atomic mass is 10.1. The van der Waals surface area contributed by atoms with Crippen molar-refractivity contribution in [2.45, 2.75) is 20.8 Å². The third kappa shape index (κ3) is 15.7. The molecule has 3 aromatic carbocycles. The van der Waals surface area contributed by atoms with Crippen LogP contribution in [0, 0.1) is 34.0 Å². The molecule has 0 fully saturated rings. The Bertz CT molecular complexity index is 2230. The van der Waals surface area contributed by atoms with E-state index in [1.165, 1.54) is 39.0 Å².